The van der Waals surface area contributed by atoms with Gasteiger partial charge in [-0.25, -0.2) is 0 Å². The topological polar surface area (TPSA) is 15.3 Å². The summed E-state index contributed by atoms with van der Waals surface area (Å²) in [5.41, 5.74) is 16.4. The smallest absolute Gasteiger partial charge is 0.0506 e. The molecule has 10 rings (SSSR count). The van der Waals surface area contributed by atoms with Crippen molar-refractivity contribution in [2.75, 3.05) is 10.2 Å². The van der Waals surface area contributed by atoms with Gasteiger partial charge in [0.05, 0.1) is 11.4 Å². The van der Waals surface area contributed by atoms with Crippen molar-refractivity contribution in [3.8, 4) is 22.3 Å². The van der Waals surface area contributed by atoms with Gasteiger partial charge < -0.3 is 10.2 Å². The van der Waals surface area contributed by atoms with Crippen LogP contribution in [0.25, 0.3) is 39.1 Å². The van der Waals surface area contributed by atoms with Crippen molar-refractivity contribution >= 4 is 39.6 Å². The molecule has 0 atom stereocenters. The van der Waals surface area contributed by atoms with Crippen LogP contribution in [0.15, 0.2) is 182 Å². The molecule has 56 heavy (non-hydrogen) atoms. The van der Waals surface area contributed by atoms with Gasteiger partial charge in [0.2, 0.25) is 0 Å². The molecule has 0 spiro atoms. The Hall–Kier alpha value is -6.38. The lowest BCUT2D eigenvalue weighted by atomic mass is 9.72. The molecule has 274 valence electrons. The van der Waals surface area contributed by atoms with Crippen LogP contribution in [0, 0.1) is 0 Å². The summed E-state index contributed by atoms with van der Waals surface area (Å²) in [5, 5.41) is 5.92. The molecule has 1 heterocycles. The monoisotopic (exact) mass is 724 g/mol. The molecule has 0 aromatic heterocycles. The van der Waals surface area contributed by atoms with Gasteiger partial charge in [-0.05, 0) is 128 Å². The Morgan fingerprint density at radius 1 is 0.500 bits per heavy atom. The van der Waals surface area contributed by atoms with Crippen LogP contribution in [0.5, 0.6) is 0 Å². The van der Waals surface area contributed by atoms with Crippen molar-refractivity contribution in [1.82, 2.24) is 0 Å². The summed E-state index contributed by atoms with van der Waals surface area (Å²) in [5.74, 6) is 0. The molecule has 0 unspecified atom stereocenters. The molecule has 2 heteroatoms. The predicted molar refractivity (Wildman–Crippen MR) is 240 cm³/mol. The number of hydrogen-bond acceptors (Lipinski definition) is 2. The lowest BCUT2D eigenvalue weighted by Gasteiger charge is -2.42. The molecular weight excluding hydrogens is 677 g/mol. The first-order valence-corrected chi connectivity index (χ1v) is 19.9. The highest BCUT2D eigenvalue weighted by molar-refractivity contribution is 5.92. The number of hydrogen-bond donors (Lipinski definition) is 1. The molecule has 7 aromatic rings. The van der Waals surface area contributed by atoms with Gasteiger partial charge in [0.25, 0.3) is 0 Å². The second-order valence-corrected chi connectivity index (χ2v) is 16.2. The number of benzene rings is 7. The van der Waals surface area contributed by atoms with Crippen molar-refractivity contribution in [2.24, 2.45) is 0 Å². The molecule has 0 amide bonds. The van der Waals surface area contributed by atoms with Crippen molar-refractivity contribution in [3.05, 3.63) is 210 Å². The molecule has 7 aromatic carbocycles. The summed E-state index contributed by atoms with van der Waals surface area (Å²) in [6, 6.07) is 55.6. The van der Waals surface area contributed by atoms with Gasteiger partial charge in [-0.2, -0.15) is 0 Å². The minimum absolute atomic E-state index is 0.139. The molecular formula is C54H48N2. The number of anilines is 4. The van der Waals surface area contributed by atoms with Gasteiger partial charge in [-0.3, -0.25) is 0 Å². The molecule has 3 aliphatic rings. The van der Waals surface area contributed by atoms with Crippen LogP contribution < -0.4 is 10.2 Å². The zero-order valence-electron chi connectivity index (χ0n) is 32.8. The lowest BCUT2D eigenvalue weighted by Crippen LogP contribution is -2.31. The van der Waals surface area contributed by atoms with Crippen molar-refractivity contribution in [2.45, 2.75) is 51.4 Å². The number of nitrogens with zero attached hydrogens (tertiary/aromatic N) is 1. The van der Waals surface area contributed by atoms with Crippen LogP contribution in [0.3, 0.4) is 0 Å². The normalized spacial score (nSPS) is 15.4. The zero-order chi connectivity index (χ0) is 38.3. The van der Waals surface area contributed by atoms with E-state index in [4.69, 9.17) is 0 Å². The molecule has 2 aliphatic carbocycles. The first kappa shape index (κ1) is 35.3. The van der Waals surface area contributed by atoms with E-state index in [2.05, 4.69) is 220 Å². The molecule has 0 fully saturated rings. The van der Waals surface area contributed by atoms with Crippen LogP contribution >= 0.6 is 0 Å². The van der Waals surface area contributed by atoms with Gasteiger partial charge >= 0.3 is 0 Å². The minimum atomic E-state index is -0.143. The molecule has 0 radical (unpaired) electrons. The summed E-state index contributed by atoms with van der Waals surface area (Å²) in [6.45, 7) is 9.53. The number of rotatable bonds is 5. The number of nitrogens with one attached hydrogen (secondary N) is 1. The van der Waals surface area contributed by atoms with Gasteiger partial charge in [0.1, 0.15) is 0 Å². The highest BCUT2D eigenvalue weighted by Gasteiger charge is 2.42. The second kappa shape index (κ2) is 14.4. The summed E-state index contributed by atoms with van der Waals surface area (Å²) in [6.07, 6.45) is 15.1. The quantitative estimate of drug-likeness (QED) is 0.190. The Morgan fingerprint density at radius 3 is 1.91 bits per heavy atom. The van der Waals surface area contributed by atoms with E-state index >= 15 is 0 Å². The van der Waals surface area contributed by atoms with Gasteiger partial charge in [-0.15, -0.1) is 0 Å². The van der Waals surface area contributed by atoms with Crippen LogP contribution in [-0.2, 0) is 10.8 Å². The number of para-hydroxylation sites is 2. The van der Waals surface area contributed by atoms with E-state index in [1.807, 2.05) is 6.20 Å². The third-order valence-electron chi connectivity index (χ3n) is 11.9. The minimum Gasteiger partial charge on any atom is -0.362 e. The van der Waals surface area contributed by atoms with Crippen LogP contribution in [0.1, 0.15) is 68.4 Å². The molecule has 1 N–H and O–H groups in total. The van der Waals surface area contributed by atoms with Gasteiger partial charge in [0, 0.05) is 28.4 Å². The first-order chi connectivity index (χ1) is 27.3. The molecule has 0 saturated heterocycles. The van der Waals surface area contributed by atoms with E-state index in [9.17, 15) is 0 Å². The summed E-state index contributed by atoms with van der Waals surface area (Å²) in [7, 11) is 0. The molecule has 1 aliphatic heterocycles. The van der Waals surface area contributed by atoms with E-state index in [0.29, 0.717) is 0 Å². The van der Waals surface area contributed by atoms with Gasteiger partial charge in [-0.1, -0.05) is 155 Å². The van der Waals surface area contributed by atoms with E-state index in [1.54, 1.807) is 0 Å². The molecule has 2 nitrogen and oxygen atoms in total. The third kappa shape index (κ3) is 6.35. The summed E-state index contributed by atoms with van der Waals surface area (Å²) < 4.78 is 0. The second-order valence-electron chi connectivity index (χ2n) is 16.2. The SMILES string of the molecule is C1=CCCC=C1.CC1(C)c2cc(-c3ccc(/C=C/Nc4ccc5ccccc5c4)cc3)ccc2-c2cc3c(cc21)N(c1ccccc1)c1ccccc1C3(C)C. The Bertz CT molecular complexity index is 2640. The fourth-order valence-electron chi connectivity index (χ4n) is 8.80. The Morgan fingerprint density at radius 2 is 1.16 bits per heavy atom. The highest BCUT2D eigenvalue weighted by atomic mass is 15.2. The van der Waals surface area contributed by atoms with Crippen LogP contribution in [-0.4, -0.2) is 0 Å². The average Bonchev–Trinajstić information content (AvgIpc) is 3.46. The third-order valence-corrected chi connectivity index (χ3v) is 11.9. The summed E-state index contributed by atoms with van der Waals surface area (Å²) >= 11 is 0. The predicted octanol–water partition coefficient (Wildman–Crippen LogP) is 14.9. The van der Waals surface area contributed by atoms with E-state index in [-0.39, 0.29) is 10.8 Å². The molecule has 0 saturated carbocycles. The molecule has 0 bridgehead atoms. The standard InChI is InChI=1S/C48H40N2.C6H8/c1-47(2)41-16-10-11-17-45(41)50(38-14-6-5-7-15-38)46-31-43-40(30-44(46)47)39-25-23-36(29-42(39)48(43,3)4)34-20-18-32(19-21-34)26-27-49-37-24-22-33-12-8-9-13-35(33)28-37;1-2-4-6-5-3-1/h5-31,49H,1-4H3;1-4H,5-6H2/b27-26+;. The van der Waals surface area contributed by atoms with Crippen molar-refractivity contribution < 1.29 is 0 Å². The largest absolute Gasteiger partial charge is 0.362 e. The maximum Gasteiger partial charge on any atom is 0.0506 e. The van der Waals surface area contributed by atoms with Crippen LogP contribution in [0.2, 0.25) is 0 Å². The Kier molecular flexibility index (Phi) is 9.06. The summed E-state index contributed by atoms with van der Waals surface area (Å²) in [4.78, 5) is 2.47. The van der Waals surface area contributed by atoms with E-state index in [0.717, 1.165) is 11.3 Å². The van der Waals surface area contributed by atoms with E-state index in [1.165, 1.54) is 85.2 Å². The fourth-order valence-corrected chi connectivity index (χ4v) is 8.80. The Balaban J connectivity index is 0.000000626. The highest BCUT2D eigenvalue weighted by Crippen LogP contribution is 2.57. The van der Waals surface area contributed by atoms with Crippen molar-refractivity contribution in [3.63, 3.8) is 0 Å². The zero-order valence-corrected chi connectivity index (χ0v) is 32.8. The average molecular weight is 725 g/mol. The Labute approximate surface area is 332 Å². The maximum absolute atomic E-state index is 3.44. The fraction of sp³-hybridized carbons (Fsp3) is 0.148. The lowest BCUT2D eigenvalue weighted by molar-refractivity contribution is 0.627. The van der Waals surface area contributed by atoms with Gasteiger partial charge in [0.15, 0.2) is 0 Å². The number of fused-ring (bicyclic) bond motifs is 6. The van der Waals surface area contributed by atoms with E-state index < -0.39 is 0 Å². The van der Waals surface area contributed by atoms with Crippen molar-refractivity contribution in [1.29, 1.82) is 0 Å². The first-order valence-electron chi connectivity index (χ1n) is 19.9. The van der Waals surface area contributed by atoms with Crippen LogP contribution in [0.4, 0.5) is 22.7 Å². The number of allylic oxidation sites excluding steroid dienone is 4. The maximum atomic E-state index is 3.44.